The molecule has 9 fully saturated rings. The summed E-state index contributed by atoms with van der Waals surface area (Å²) in [5, 5.41) is 129. The molecule has 406 valence electrons. The first-order valence-electron chi connectivity index (χ1n) is 26.4. The maximum absolute atomic E-state index is 11.8. The van der Waals surface area contributed by atoms with Gasteiger partial charge in [-0.25, -0.2) is 0 Å². The van der Waals surface area contributed by atoms with Crippen LogP contribution in [0.25, 0.3) is 0 Å². The molecule has 0 aromatic carbocycles. The largest absolute Gasteiger partial charge is 0.394 e. The number of rotatable bonds is 11. The minimum absolute atomic E-state index is 0.00573. The van der Waals surface area contributed by atoms with Crippen LogP contribution < -0.4 is 0 Å². The van der Waals surface area contributed by atoms with Gasteiger partial charge < -0.3 is 99.2 Å². The maximum Gasteiger partial charge on any atom is 0.187 e. The molecule has 30 unspecified atom stereocenters. The van der Waals surface area contributed by atoms with Gasteiger partial charge in [0.25, 0.3) is 0 Å². The highest BCUT2D eigenvalue weighted by Gasteiger charge is 2.67. The van der Waals surface area contributed by atoms with Gasteiger partial charge in [0.15, 0.2) is 25.2 Å². The average Bonchev–Trinajstić information content (AvgIpc) is 3.83. The van der Waals surface area contributed by atoms with Gasteiger partial charge in [-0.2, -0.15) is 0 Å². The van der Waals surface area contributed by atoms with E-state index in [0.717, 1.165) is 36.6 Å². The zero-order valence-electron chi connectivity index (χ0n) is 41.2. The summed E-state index contributed by atoms with van der Waals surface area (Å²) in [7, 11) is 0. The van der Waals surface area contributed by atoms with E-state index in [1.807, 2.05) is 0 Å². The molecule has 4 aliphatic carbocycles. The molecular formula is C50H81NO20. The van der Waals surface area contributed by atoms with Gasteiger partial charge in [0, 0.05) is 18.6 Å². The molecule has 0 radical (unpaired) electrons. The lowest BCUT2D eigenvalue weighted by molar-refractivity contribution is -0.403. The molecule has 0 aromatic rings. The Morgan fingerprint density at radius 3 is 1.97 bits per heavy atom. The molecule has 30 atom stereocenters. The minimum Gasteiger partial charge on any atom is -0.394 e. The lowest BCUT2D eigenvalue weighted by Crippen LogP contribution is -2.68. The molecule has 0 bridgehead atoms. The van der Waals surface area contributed by atoms with E-state index in [1.165, 1.54) is 44.2 Å². The Bertz CT molecular complexity index is 1870. The number of fused-ring (bicyclic) bond motifs is 9. The molecule has 71 heavy (non-hydrogen) atoms. The fourth-order valence-corrected chi connectivity index (χ4v) is 16.0. The fourth-order valence-electron chi connectivity index (χ4n) is 16.0. The number of aliphatic hydroxyl groups is 12. The van der Waals surface area contributed by atoms with Crippen LogP contribution in [0.5, 0.6) is 0 Å². The first-order chi connectivity index (χ1) is 33.8. The molecule has 6 aliphatic heterocycles. The molecule has 0 aromatic heterocycles. The lowest BCUT2D eigenvalue weighted by Gasteiger charge is -2.58. The molecule has 6 saturated heterocycles. The lowest BCUT2D eigenvalue weighted by atomic mass is 9.47. The van der Waals surface area contributed by atoms with Crippen LogP contribution in [0.4, 0.5) is 0 Å². The number of hydrogen-bond acceptors (Lipinski definition) is 21. The smallest absolute Gasteiger partial charge is 0.187 e. The highest BCUT2D eigenvalue weighted by Crippen LogP contribution is 2.70. The second kappa shape index (κ2) is 20.7. The zero-order valence-corrected chi connectivity index (χ0v) is 41.2. The van der Waals surface area contributed by atoms with Crippen LogP contribution >= 0.6 is 0 Å². The number of allylic oxidation sites excluding steroid dienone is 1. The standard InChI is InChI=1S/C50H81NO20/c1-20-5-8-27-21(2)33-28(51(27)15-20)14-26-24-7-6-22-13-23(9-11-49(22,3)25(24)10-12-50(26,33)4)65-46-41(63)38(60)42(32(18-54)68-46)69-48-44(71-47-40(62)37(59)35(57)30(16-52)66-47)43(36(58)31(17-53)67-48)70-45-39(61)34(56)29(55)19-64-45/h6,20-21,23-48,52-63H,5,7-19H2,1-4H3. The summed E-state index contributed by atoms with van der Waals surface area (Å²) in [5.74, 6) is 4.10. The van der Waals surface area contributed by atoms with Crippen molar-refractivity contribution < 1.29 is 99.2 Å². The molecule has 21 nitrogen and oxygen atoms in total. The summed E-state index contributed by atoms with van der Waals surface area (Å²) in [6.07, 6.45) is -21.0. The van der Waals surface area contributed by atoms with Crippen LogP contribution in [-0.4, -0.2) is 234 Å². The van der Waals surface area contributed by atoms with Crippen LogP contribution in [0.15, 0.2) is 11.6 Å². The number of nitrogens with zero attached hydrogens (tertiary/aromatic N) is 1. The molecule has 3 saturated carbocycles. The van der Waals surface area contributed by atoms with Crippen molar-refractivity contribution in [1.82, 2.24) is 4.90 Å². The Morgan fingerprint density at radius 1 is 0.606 bits per heavy atom. The van der Waals surface area contributed by atoms with Crippen LogP contribution in [0.1, 0.15) is 85.5 Å². The predicted octanol–water partition coefficient (Wildman–Crippen LogP) is -2.41. The van der Waals surface area contributed by atoms with Crippen molar-refractivity contribution in [3.63, 3.8) is 0 Å². The van der Waals surface area contributed by atoms with Gasteiger partial charge in [-0.1, -0.05) is 39.3 Å². The van der Waals surface area contributed by atoms with E-state index in [1.54, 1.807) is 0 Å². The summed E-state index contributed by atoms with van der Waals surface area (Å²) >= 11 is 0. The predicted molar refractivity (Wildman–Crippen MR) is 243 cm³/mol. The Labute approximate surface area is 414 Å². The van der Waals surface area contributed by atoms with Gasteiger partial charge in [0.2, 0.25) is 0 Å². The Morgan fingerprint density at radius 2 is 1.24 bits per heavy atom. The van der Waals surface area contributed by atoms with Crippen LogP contribution in [0.3, 0.4) is 0 Å². The average molecular weight is 1020 g/mol. The van der Waals surface area contributed by atoms with E-state index < -0.39 is 143 Å². The first-order valence-corrected chi connectivity index (χ1v) is 26.4. The Hall–Kier alpha value is -1.10. The first kappa shape index (κ1) is 53.3. The van der Waals surface area contributed by atoms with Gasteiger partial charge in [-0.3, -0.25) is 4.90 Å². The molecule has 0 spiro atoms. The van der Waals surface area contributed by atoms with E-state index in [0.29, 0.717) is 42.1 Å². The van der Waals surface area contributed by atoms with E-state index >= 15 is 0 Å². The molecule has 10 rings (SSSR count). The summed E-state index contributed by atoms with van der Waals surface area (Å²) < 4.78 is 47.9. The zero-order chi connectivity index (χ0) is 50.6. The van der Waals surface area contributed by atoms with Crippen LogP contribution in [0.2, 0.25) is 0 Å². The Kier molecular flexibility index (Phi) is 15.5. The second-order valence-electron chi connectivity index (χ2n) is 23.6. The normalized spacial score (nSPS) is 56.4. The van der Waals surface area contributed by atoms with E-state index in [-0.39, 0.29) is 11.5 Å². The summed E-state index contributed by atoms with van der Waals surface area (Å²) in [6, 6.07) is 1.41. The Balaban J connectivity index is 0.834. The third-order valence-corrected chi connectivity index (χ3v) is 19.8. The molecule has 6 heterocycles. The molecule has 0 amide bonds. The number of aliphatic hydroxyl groups excluding tert-OH is 12. The number of hydrogen-bond donors (Lipinski definition) is 12. The third-order valence-electron chi connectivity index (χ3n) is 19.8. The molecule has 10 aliphatic rings. The second-order valence-corrected chi connectivity index (χ2v) is 23.6. The van der Waals surface area contributed by atoms with Crippen molar-refractivity contribution >= 4 is 0 Å². The topological polar surface area (TPSA) is 320 Å². The van der Waals surface area contributed by atoms with Gasteiger partial charge in [-0.15, -0.1) is 0 Å². The van der Waals surface area contributed by atoms with E-state index in [4.69, 9.17) is 37.9 Å². The summed E-state index contributed by atoms with van der Waals surface area (Å²) in [4.78, 5) is 2.93. The van der Waals surface area contributed by atoms with Crippen LogP contribution in [0, 0.1) is 46.3 Å². The molecule has 21 heteroatoms. The van der Waals surface area contributed by atoms with E-state index in [2.05, 4.69) is 38.7 Å². The van der Waals surface area contributed by atoms with Crippen molar-refractivity contribution in [2.24, 2.45) is 46.3 Å². The minimum atomic E-state index is -1.99. The summed E-state index contributed by atoms with van der Waals surface area (Å²) in [5.41, 5.74) is 1.71. The van der Waals surface area contributed by atoms with Crippen molar-refractivity contribution in [2.75, 3.05) is 33.0 Å². The third kappa shape index (κ3) is 9.12. The molecule has 12 N–H and O–H groups in total. The van der Waals surface area contributed by atoms with Crippen molar-refractivity contribution in [3.8, 4) is 0 Å². The van der Waals surface area contributed by atoms with Crippen molar-refractivity contribution in [3.05, 3.63) is 11.6 Å². The van der Waals surface area contributed by atoms with Crippen LogP contribution in [-0.2, 0) is 37.9 Å². The SMILES string of the molecule is CC1CCC2C(C)C3C(CC4C5CC=C6CC(OC7OC(CO)C(OC8OC(CO)C(O)C(OC9OCC(O)C(O)C9O)C8OC8OC(CO)C(O)C(O)C8O)C(O)C7O)CCC6(C)C5CCC43C)N2C1. The fraction of sp³-hybridized carbons (Fsp3) is 0.960. The highest BCUT2D eigenvalue weighted by atomic mass is 16.8. The van der Waals surface area contributed by atoms with Crippen molar-refractivity contribution in [1.29, 1.82) is 0 Å². The van der Waals surface area contributed by atoms with Gasteiger partial charge in [0.1, 0.15) is 91.6 Å². The van der Waals surface area contributed by atoms with Gasteiger partial charge in [-0.05, 0) is 104 Å². The quantitative estimate of drug-likeness (QED) is 0.0960. The summed E-state index contributed by atoms with van der Waals surface area (Å²) in [6.45, 7) is 8.29. The maximum atomic E-state index is 11.8. The monoisotopic (exact) mass is 1020 g/mol. The number of piperidine rings is 1. The van der Waals surface area contributed by atoms with Gasteiger partial charge >= 0.3 is 0 Å². The van der Waals surface area contributed by atoms with Crippen molar-refractivity contribution in [2.45, 2.75) is 220 Å². The number of ether oxygens (including phenoxy) is 8. The van der Waals surface area contributed by atoms with E-state index in [9.17, 15) is 61.3 Å². The van der Waals surface area contributed by atoms with Gasteiger partial charge in [0.05, 0.1) is 32.5 Å². The molecular weight excluding hydrogens is 935 g/mol. The highest BCUT2D eigenvalue weighted by molar-refractivity contribution is 5.27.